The molecule has 33 heavy (non-hydrogen) atoms. The first-order valence-corrected chi connectivity index (χ1v) is 11.4. The van der Waals surface area contributed by atoms with Crippen LogP contribution in [0.2, 0.25) is 0 Å². The lowest BCUT2D eigenvalue weighted by atomic mass is 9.85. The Bertz CT molecular complexity index is 1370. The number of rotatable bonds is 5. The molecule has 0 spiro atoms. The average Bonchev–Trinajstić information content (AvgIpc) is 2.96. The first kappa shape index (κ1) is 21.0. The number of anilines is 2. The minimum Gasteiger partial charge on any atom is -0.357 e. The SMILES string of the molecule is C=CCN1c2ccccc2NC2=C(C(=O)CCC2)C1c1cc2ccccc2n(CC=C)c1=O. The van der Waals surface area contributed by atoms with Crippen LogP contribution < -0.4 is 15.8 Å². The number of para-hydroxylation sites is 3. The Morgan fingerprint density at radius 1 is 0.970 bits per heavy atom. The number of nitrogens with zero attached hydrogens (tertiary/aromatic N) is 2. The van der Waals surface area contributed by atoms with Crippen molar-refractivity contribution in [2.75, 3.05) is 16.8 Å². The van der Waals surface area contributed by atoms with E-state index in [1.165, 1.54) is 0 Å². The van der Waals surface area contributed by atoms with E-state index < -0.39 is 6.04 Å². The molecule has 1 aliphatic carbocycles. The summed E-state index contributed by atoms with van der Waals surface area (Å²) in [5.74, 6) is 0.0958. The fourth-order valence-electron chi connectivity index (χ4n) is 5.12. The zero-order valence-corrected chi connectivity index (χ0v) is 18.6. The number of fused-ring (bicyclic) bond motifs is 2. The number of carbonyl (C=O) groups is 1. The maximum Gasteiger partial charge on any atom is 0.256 e. The molecule has 2 aromatic carbocycles. The Balaban J connectivity index is 1.85. The fourth-order valence-corrected chi connectivity index (χ4v) is 5.12. The van der Waals surface area contributed by atoms with E-state index in [2.05, 4.69) is 23.4 Å². The normalized spacial score (nSPS) is 17.8. The van der Waals surface area contributed by atoms with E-state index in [-0.39, 0.29) is 11.3 Å². The minimum absolute atomic E-state index is 0.0958. The molecular formula is C28H27N3O2. The molecule has 0 radical (unpaired) electrons. The average molecular weight is 438 g/mol. The minimum atomic E-state index is -0.505. The van der Waals surface area contributed by atoms with Gasteiger partial charge in [0.25, 0.3) is 5.56 Å². The molecule has 5 nitrogen and oxygen atoms in total. The first-order valence-electron chi connectivity index (χ1n) is 11.4. The molecule has 0 bridgehead atoms. The summed E-state index contributed by atoms with van der Waals surface area (Å²) in [6, 6.07) is 17.3. The fraction of sp³-hybridized carbons (Fsp3) is 0.214. The van der Waals surface area contributed by atoms with Gasteiger partial charge in [0, 0.05) is 36.3 Å². The Hall–Kier alpha value is -3.86. The van der Waals surface area contributed by atoms with E-state index in [0.717, 1.165) is 40.8 Å². The number of benzene rings is 2. The van der Waals surface area contributed by atoms with Crippen molar-refractivity contribution in [1.29, 1.82) is 0 Å². The van der Waals surface area contributed by atoms with Crippen molar-refractivity contribution < 1.29 is 4.79 Å². The number of allylic oxidation sites excluding steroid dienone is 2. The van der Waals surface area contributed by atoms with Crippen molar-refractivity contribution in [3.63, 3.8) is 0 Å². The van der Waals surface area contributed by atoms with Crippen LogP contribution in [0, 0.1) is 0 Å². The van der Waals surface area contributed by atoms with Crippen LogP contribution in [0.25, 0.3) is 10.9 Å². The number of hydrogen-bond donors (Lipinski definition) is 1. The number of nitrogens with one attached hydrogen (secondary N) is 1. The number of aromatic nitrogens is 1. The van der Waals surface area contributed by atoms with Gasteiger partial charge in [-0.15, -0.1) is 13.2 Å². The summed E-state index contributed by atoms with van der Waals surface area (Å²) >= 11 is 0. The molecule has 166 valence electrons. The van der Waals surface area contributed by atoms with Crippen molar-refractivity contribution in [2.45, 2.75) is 31.8 Å². The van der Waals surface area contributed by atoms with Gasteiger partial charge in [-0.1, -0.05) is 42.5 Å². The smallest absolute Gasteiger partial charge is 0.256 e. The van der Waals surface area contributed by atoms with Crippen LogP contribution in [0.15, 0.2) is 96.0 Å². The zero-order chi connectivity index (χ0) is 22.9. The molecule has 0 fully saturated rings. The highest BCUT2D eigenvalue weighted by atomic mass is 16.1. The van der Waals surface area contributed by atoms with Gasteiger partial charge in [0.15, 0.2) is 5.78 Å². The van der Waals surface area contributed by atoms with Crippen LogP contribution in [0.4, 0.5) is 11.4 Å². The van der Waals surface area contributed by atoms with Crippen LogP contribution in [0.5, 0.6) is 0 Å². The maximum atomic E-state index is 13.9. The molecule has 1 atom stereocenters. The van der Waals surface area contributed by atoms with Crippen LogP contribution in [-0.4, -0.2) is 16.9 Å². The molecular weight excluding hydrogens is 410 g/mol. The molecule has 1 N–H and O–H groups in total. The lowest BCUT2D eigenvalue weighted by Gasteiger charge is -2.34. The highest BCUT2D eigenvalue weighted by molar-refractivity contribution is 6.01. The molecule has 5 rings (SSSR count). The third kappa shape index (κ3) is 3.50. The largest absolute Gasteiger partial charge is 0.357 e. The predicted molar refractivity (Wildman–Crippen MR) is 135 cm³/mol. The van der Waals surface area contributed by atoms with Crippen molar-refractivity contribution in [3.8, 4) is 0 Å². The summed E-state index contributed by atoms with van der Waals surface area (Å²) in [7, 11) is 0. The highest BCUT2D eigenvalue weighted by Crippen LogP contribution is 2.44. The number of carbonyl (C=O) groups excluding carboxylic acids is 1. The molecule has 2 heterocycles. The summed E-state index contributed by atoms with van der Waals surface area (Å²) in [4.78, 5) is 29.4. The van der Waals surface area contributed by atoms with Crippen LogP contribution in [-0.2, 0) is 11.3 Å². The van der Waals surface area contributed by atoms with E-state index >= 15 is 0 Å². The van der Waals surface area contributed by atoms with Gasteiger partial charge < -0.3 is 14.8 Å². The van der Waals surface area contributed by atoms with Crippen LogP contribution >= 0.6 is 0 Å². The zero-order valence-electron chi connectivity index (χ0n) is 18.6. The topological polar surface area (TPSA) is 54.3 Å². The molecule has 1 aliphatic heterocycles. The lowest BCUT2D eigenvalue weighted by Crippen LogP contribution is -2.38. The van der Waals surface area contributed by atoms with Gasteiger partial charge in [-0.3, -0.25) is 9.59 Å². The van der Waals surface area contributed by atoms with Gasteiger partial charge in [-0.05, 0) is 42.5 Å². The first-order chi connectivity index (χ1) is 16.1. The highest BCUT2D eigenvalue weighted by Gasteiger charge is 2.38. The molecule has 1 aromatic heterocycles. The van der Waals surface area contributed by atoms with Gasteiger partial charge in [-0.2, -0.15) is 0 Å². The molecule has 1 unspecified atom stereocenters. The molecule has 5 heteroatoms. The Morgan fingerprint density at radius 3 is 2.55 bits per heavy atom. The summed E-state index contributed by atoms with van der Waals surface area (Å²) in [5.41, 5.74) is 4.85. The second kappa shape index (κ2) is 8.58. The number of Topliss-reactive ketones (excluding diaryl/α,β-unsaturated/α-hetero) is 1. The Kier molecular flexibility index (Phi) is 5.47. The summed E-state index contributed by atoms with van der Waals surface area (Å²) in [6.07, 6.45) is 5.64. The maximum absolute atomic E-state index is 13.9. The van der Waals surface area contributed by atoms with E-state index in [1.807, 2.05) is 60.7 Å². The number of hydrogen-bond acceptors (Lipinski definition) is 4. The van der Waals surface area contributed by atoms with E-state index in [9.17, 15) is 9.59 Å². The molecule has 0 saturated carbocycles. The molecule has 2 aliphatic rings. The monoisotopic (exact) mass is 437 g/mol. The Labute approximate surface area is 193 Å². The summed E-state index contributed by atoms with van der Waals surface area (Å²) in [6.45, 7) is 8.73. The number of ketones is 1. The third-order valence-corrected chi connectivity index (χ3v) is 6.50. The standard InChI is InChI=1S/C28H27N3O2/c1-3-16-30-24-14-8-6-11-21(24)29-22-12-9-15-25(32)26(22)27(30)20-18-19-10-5-7-13-23(19)31(17-4-2)28(20)33/h3-8,10-11,13-14,18,27,29H,1-2,9,12,15-17H2. The van der Waals surface area contributed by atoms with E-state index in [0.29, 0.717) is 30.6 Å². The summed E-state index contributed by atoms with van der Waals surface area (Å²) in [5, 5.41) is 4.50. The van der Waals surface area contributed by atoms with Gasteiger partial charge in [-0.25, -0.2) is 0 Å². The van der Waals surface area contributed by atoms with E-state index in [1.54, 1.807) is 10.6 Å². The van der Waals surface area contributed by atoms with Crippen molar-refractivity contribution >= 4 is 28.1 Å². The predicted octanol–water partition coefficient (Wildman–Crippen LogP) is 5.35. The van der Waals surface area contributed by atoms with Gasteiger partial charge in [0.05, 0.1) is 22.9 Å². The molecule has 3 aromatic rings. The second-order valence-electron chi connectivity index (χ2n) is 8.52. The van der Waals surface area contributed by atoms with Gasteiger partial charge in [0.2, 0.25) is 0 Å². The van der Waals surface area contributed by atoms with Crippen LogP contribution in [0.3, 0.4) is 0 Å². The van der Waals surface area contributed by atoms with Crippen molar-refractivity contribution in [1.82, 2.24) is 4.57 Å². The third-order valence-electron chi connectivity index (χ3n) is 6.50. The van der Waals surface area contributed by atoms with E-state index in [4.69, 9.17) is 0 Å². The number of pyridine rings is 1. The quantitative estimate of drug-likeness (QED) is 0.547. The Morgan fingerprint density at radius 2 is 1.73 bits per heavy atom. The van der Waals surface area contributed by atoms with Crippen molar-refractivity contribution in [2.24, 2.45) is 0 Å². The summed E-state index contributed by atoms with van der Waals surface area (Å²) < 4.78 is 1.75. The van der Waals surface area contributed by atoms with Gasteiger partial charge in [0.1, 0.15) is 0 Å². The van der Waals surface area contributed by atoms with Gasteiger partial charge >= 0.3 is 0 Å². The molecule has 0 amide bonds. The van der Waals surface area contributed by atoms with Crippen LogP contribution in [0.1, 0.15) is 30.9 Å². The molecule has 0 saturated heterocycles. The second-order valence-corrected chi connectivity index (χ2v) is 8.52. The van der Waals surface area contributed by atoms with Crippen molar-refractivity contribution in [3.05, 3.63) is 107 Å². The lowest BCUT2D eigenvalue weighted by molar-refractivity contribution is -0.116.